The summed E-state index contributed by atoms with van der Waals surface area (Å²) in [4.78, 5) is 0. The van der Waals surface area contributed by atoms with Crippen molar-refractivity contribution in [2.75, 3.05) is 0 Å². The van der Waals surface area contributed by atoms with Gasteiger partial charge in [-0.15, -0.1) is 0 Å². The lowest BCUT2D eigenvalue weighted by atomic mass is 9.87. The molecule has 0 amide bonds. The molecule has 0 unspecified atom stereocenters. The maximum absolute atomic E-state index is 13.7. The molecule has 1 nitrogen and oxygen atoms in total. The van der Waals surface area contributed by atoms with E-state index in [1.807, 2.05) is 0 Å². The van der Waals surface area contributed by atoms with E-state index in [2.05, 4.69) is 0 Å². The van der Waals surface area contributed by atoms with E-state index in [0.717, 1.165) is 24.3 Å². The highest BCUT2D eigenvalue weighted by Crippen LogP contribution is 2.64. The van der Waals surface area contributed by atoms with Crippen LogP contribution in [0, 0.1) is 0 Å². The molecule has 0 spiro atoms. The summed E-state index contributed by atoms with van der Waals surface area (Å²) in [7, 11) is 0. The minimum absolute atomic E-state index is 0.440. The number of aryl methyl sites for hydroxylation is 1. The third kappa shape index (κ3) is 4.20. The number of phenols is 1. The molecule has 18 heteroatoms. The molecule has 1 rings (SSSR count). The molecule has 1 aromatic rings. The molecule has 0 saturated carbocycles. The molecule has 1 aromatic carbocycles. The largest absolute Gasteiger partial charge is 0.508 e. The van der Waals surface area contributed by atoms with E-state index in [1.54, 1.807) is 0 Å². The number of alkyl halides is 17. The molecule has 0 aliphatic heterocycles. The Morgan fingerprint density at radius 3 is 1.15 bits per heavy atom. The van der Waals surface area contributed by atoms with Crippen LogP contribution in [0.25, 0.3) is 0 Å². The number of aromatic hydroxyl groups is 1. The average molecular weight is 540 g/mol. The van der Waals surface area contributed by atoms with E-state index in [4.69, 9.17) is 5.11 Å². The highest BCUT2D eigenvalue weighted by Gasteiger charge is 2.95. The van der Waals surface area contributed by atoms with Crippen LogP contribution in [-0.4, -0.2) is 52.7 Å². The van der Waals surface area contributed by atoms with Crippen LogP contribution in [0.15, 0.2) is 24.3 Å². The molecule has 0 aliphatic rings. The third-order valence-electron chi connectivity index (χ3n) is 4.45. The highest BCUT2D eigenvalue weighted by atomic mass is 19.4. The second-order valence-corrected chi connectivity index (χ2v) is 6.82. The van der Waals surface area contributed by atoms with Crippen molar-refractivity contribution in [1.82, 2.24) is 0 Å². The van der Waals surface area contributed by atoms with Gasteiger partial charge in [-0.3, -0.25) is 0 Å². The molecular formula is C16H9F17O. The highest BCUT2D eigenvalue weighted by molar-refractivity contribution is 5.26. The predicted molar refractivity (Wildman–Crippen MR) is 77.1 cm³/mol. The van der Waals surface area contributed by atoms with Crippen LogP contribution in [0.5, 0.6) is 5.75 Å². The molecular weight excluding hydrogens is 531 g/mol. The molecule has 0 aliphatic carbocycles. The Morgan fingerprint density at radius 1 is 0.471 bits per heavy atom. The van der Waals surface area contributed by atoms with Crippen LogP contribution in [0.3, 0.4) is 0 Å². The maximum atomic E-state index is 13.7. The van der Waals surface area contributed by atoms with Crippen molar-refractivity contribution in [3.63, 3.8) is 0 Å². The van der Waals surface area contributed by atoms with Crippen LogP contribution in [0.2, 0.25) is 0 Å². The maximum Gasteiger partial charge on any atom is 0.460 e. The number of hydrogen-bond acceptors (Lipinski definition) is 1. The fourth-order valence-electron chi connectivity index (χ4n) is 2.32. The number of hydrogen-bond donors (Lipinski definition) is 1. The monoisotopic (exact) mass is 540 g/mol. The first-order valence-corrected chi connectivity index (χ1v) is 8.21. The van der Waals surface area contributed by atoms with Crippen molar-refractivity contribution < 1.29 is 79.7 Å². The van der Waals surface area contributed by atoms with Crippen molar-refractivity contribution in [1.29, 1.82) is 0 Å². The molecule has 0 atom stereocenters. The number of benzene rings is 1. The summed E-state index contributed by atoms with van der Waals surface area (Å²) >= 11 is 0. The van der Waals surface area contributed by atoms with Gasteiger partial charge < -0.3 is 5.11 Å². The van der Waals surface area contributed by atoms with E-state index >= 15 is 0 Å². The summed E-state index contributed by atoms with van der Waals surface area (Å²) in [6.45, 7) is 0. The Bertz CT molecular complexity index is 853. The lowest BCUT2D eigenvalue weighted by Gasteiger charge is -2.42. The molecule has 0 bridgehead atoms. The normalized spacial score (nSPS) is 15.6. The number of halogens is 17. The zero-order valence-electron chi connectivity index (χ0n) is 15.6. The Labute approximate surface area is 177 Å². The molecule has 0 heterocycles. The summed E-state index contributed by atoms with van der Waals surface area (Å²) in [5.74, 6) is -56.8. The fourth-order valence-corrected chi connectivity index (χ4v) is 2.32. The quantitative estimate of drug-likeness (QED) is 0.326. The summed E-state index contributed by atoms with van der Waals surface area (Å²) in [6, 6.07) is 3.00. The lowest BCUT2D eigenvalue weighted by molar-refractivity contribution is -0.461. The Hall–Kier alpha value is -2.17. The SMILES string of the molecule is Oc1ccc(CCC(F)(F)C(F)(F)C(F)(F)C(F)(F)C(F)(F)C(F)(F)C(F)(F)C(F)(F)F)cc1. The van der Waals surface area contributed by atoms with Crippen LogP contribution >= 0.6 is 0 Å². The van der Waals surface area contributed by atoms with Gasteiger partial charge in [-0.2, -0.15) is 74.6 Å². The van der Waals surface area contributed by atoms with E-state index in [9.17, 15) is 74.6 Å². The van der Waals surface area contributed by atoms with Crippen LogP contribution in [-0.2, 0) is 6.42 Å². The van der Waals surface area contributed by atoms with Gasteiger partial charge >= 0.3 is 47.6 Å². The summed E-state index contributed by atoms with van der Waals surface area (Å²) in [6.07, 6.45) is -11.7. The topological polar surface area (TPSA) is 20.2 Å². The minimum atomic E-state index is -8.63. The van der Waals surface area contributed by atoms with Gasteiger partial charge in [-0.05, 0) is 24.1 Å². The molecule has 0 fully saturated rings. The first kappa shape index (κ1) is 29.9. The summed E-state index contributed by atoms with van der Waals surface area (Å²) < 4.78 is 223. The first-order chi connectivity index (χ1) is 14.7. The zero-order chi connectivity index (χ0) is 27.4. The van der Waals surface area contributed by atoms with E-state index in [1.165, 1.54) is 0 Å². The van der Waals surface area contributed by atoms with Crippen molar-refractivity contribution in [2.24, 2.45) is 0 Å². The van der Waals surface area contributed by atoms with Gasteiger partial charge in [0.05, 0.1) is 0 Å². The van der Waals surface area contributed by atoms with Gasteiger partial charge in [0, 0.05) is 6.42 Å². The van der Waals surface area contributed by atoms with Crippen molar-refractivity contribution in [2.45, 2.75) is 60.5 Å². The van der Waals surface area contributed by atoms with Crippen molar-refractivity contribution in [3.8, 4) is 5.75 Å². The van der Waals surface area contributed by atoms with Gasteiger partial charge in [-0.25, -0.2) is 0 Å². The van der Waals surface area contributed by atoms with Gasteiger partial charge in [0.25, 0.3) is 0 Å². The first-order valence-electron chi connectivity index (χ1n) is 8.21. The van der Waals surface area contributed by atoms with Crippen molar-refractivity contribution in [3.05, 3.63) is 29.8 Å². The van der Waals surface area contributed by atoms with Crippen LogP contribution in [0.1, 0.15) is 12.0 Å². The molecule has 0 aromatic heterocycles. The van der Waals surface area contributed by atoms with E-state index in [-0.39, 0.29) is 0 Å². The van der Waals surface area contributed by atoms with E-state index in [0.29, 0.717) is 0 Å². The number of rotatable bonds is 9. The smallest absolute Gasteiger partial charge is 0.460 e. The van der Waals surface area contributed by atoms with Crippen LogP contribution < -0.4 is 0 Å². The van der Waals surface area contributed by atoms with Crippen LogP contribution in [0.4, 0.5) is 74.6 Å². The molecule has 0 radical (unpaired) electrons. The van der Waals surface area contributed by atoms with E-state index < -0.39 is 71.8 Å². The second-order valence-electron chi connectivity index (χ2n) is 6.82. The Kier molecular flexibility index (Phi) is 7.20. The zero-order valence-corrected chi connectivity index (χ0v) is 15.6. The fraction of sp³-hybridized carbons (Fsp3) is 0.625. The minimum Gasteiger partial charge on any atom is -0.508 e. The third-order valence-corrected chi connectivity index (χ3v) is 4.45. The number of phenolic OH excluding ortho intramolecular Hbond substituents is 1. The Balaban J connectivity index is 3.45. The molecule has 198 valence electrons. The second kappa shape index (κ2) is 8.20. The predicted octanol–water partition coefficient (Wildman–Crippen LogP) is 7.33. The average Bonchev–Trinajstić information content (AvgIpc) is 2.65. The standard InChI is InChI=1S/C16H9F17O/c17-9(18,6-5-7-1-3-8(34)4-2-7)10(19,20)11(21,22)12(23,24)13(25,26)14(27,28)15(29,30)16(31,32)33/h1-4,34H,5-6H2. The molecule has 0 saturated heterocycles. The van der Waals surface area contributed by atoms with Gasteiger partial charge in [0.1, 0.15) is 5.75 Å². The lowest BCUT2D eigenvalue weighted by Crippen LogP contribution is -2.74. The van der Waals surface area contributed by atoms with Gasteiger partial charge in [0.2, 0.25) is 0 Å². The summed E-state index contributed by atoms with van der Waals surface area (Å²) in [5, 5.41) is 8.95. The summed E-state index contributed by atoms with van der Waals surface area (Å²) in [5.41, 5.74) is -0.440. The van der Waals surface area contributed by atoms with Gasteiger partial charge in [0.15, 0.2) is 0 Å². The molecule has 1 N–H and O–H groups in total. The Morgan fingerprint density at radius 2 is 0.794 bits per heavy atom. The molecule has 34 heavy (non-hydrogen) atoms. The van der Waals surface area contributed by atoms with Crippen molar-refractivity contribution >= 4 is 0 Å². The van der Waals surface area contributed by atoms with Gasteiger partial charge in [-0.1, -0.05) is 12.1 Å².